The fourth-order valence-electron chi connectivity index (χ4n) is 2.99. The summed E-state index contributed by atoms with van der Waals surface area (Å²) in [5.41, 5.74) is 0.215. The van der Waals surface area contributed by atoms with Crippen LogP contribution < -0.4 is 20.1 Å². The molecule has 1 fully saturated rings. The molecule has 0 bridgehead atoms. The van der Waals surface area contributed by atoms with Crippen LogP contribution >= 0.6 is 0 Å². The number of piperidine rings is 1. The van der Waals surface area contributed by atoms with Crippen LogP contribution in [0.3, 0.4) is 0 Å². The van der Waals surface area contributed by atoms with Crippen LogP contribution in [-0.2, 0) is 4.79 Å². The highest BCUT2D eigenvalue weighted by Gasteiger charge is 2.32. The molecule has 0 spiro atoms. The Morgan fingerprint density at radius 2 is 1.90 bits per heavy atom. The Morgan fingerprint density at radius 1 is 1.17 bits per heavy atom. The maximum atomic E-state index is 13.3. The van der Waals surface area contributed by atoms with Crippen molar-refractivity contribution in [2.75, 3.05) is 6.54 Å². The van der Waals surface area contributed by atoms with Crippen LogP contribution in [0.25, 0.3) is 0 Å². The molecule has 160 valence electrons. The zero-order chi connectivity index (χ0) is 21.9. The van der Waals surface area contributed by atoms with Crippen LogP contribution in [0.15, 0.2) is 36.4 Å². The van der Waals surface area contributed by atoms with Crippen molar-refractivity contribution in [1.29, 1.82) is 0 Å². The first-order valence-corrected chi connectivity index (χ1v) is 9.02. The minimum Gasteiger partial charge on any atom is -0.456 e. The number of rotatable bonds is 5. The number of hydrogen-bond donors (Lipinski definition) is 2. The zero-order valence-electron chi connectivity index (χ0n) is 15.8. The second kappa shape index (κ2) is 8.60. The molecule has 3 rings (SSSR count). The van der Waals surface area contributed by atoms with Crippen LogP contribution in [0.2, 0.25) is 0 Å². The van der Waals surface area contributed by atoms with E-state index in [2.05, 4.69) is 15.4 Å². The Bertz CT molecular complexity index is 962. The van der Waals surface area contributed by atoms with Crippen molar-refractivity contribution in [3.63, 3.8) is 0 Å². The molecule has 2 aromatic rings. The number of carbonyl (C=O) groups excluding carboxylic acids is 2. The van der Waals surface area contributed by atoms with E-state index in [-0.39, 0.29) is 29.4 Å². The maximum absolute atomic E-state index is 13.3. The van der Waals surface area contributed by atoms with Crippen molar-refractivity contribution in [2.24, 2.45) is 0 Å². The number of amides is 2. The van der Waals surface area contributed by atoms with Gasteiger partial charge < -0.3 is 20.1 Å². The van der Waals surface area contributed by atoms with E-state index in [0.29, 0.717) is 18.5 Å². The summed E-state index contributed by atoms with van der Waals surface area (Å²) in [5, 5.41) is 5.25. The zero-order valence-corrected chi connectivity index (χ0v) is 15.8. The van der Waals surface area contributed by atoms with Gasteiger partial charge in [0.15, 0.2) is 0 Å². The summed E-state index contributed by atoms with van der Waals surface area (Å²) in [6, 6.07) is 6.32. The SMILES string of the molecule is Cc1cc(F)ccc1Oc1ccc(OC(F)(F)F)cc1C(=O)NC1CCNC(=O)C1. The molecule has 1 saturated heterocycles. The number of ether oxygens (including phenoxy) is 2. The Kier molecular flexibility index (Phi) is 6.14. The highest BCUT2D eigenvalue weighted by molar-refractivity contribution is 5.98. The lowest BCUT2D eigenvalue weighted by Gasteiger charge is -2.23. The van der Waals surface area contributed by atoms with Gasteiger partial charge in [0.1, 0.15) is 23.1 Å². The van der Waals surface area contributed by atoms with E-state index < -0.39 is 29.9 Å². The third-order valence-electron chi connectivity index (χ3n) is 4.37. The fourth-order valence-corrected chi connectivity index (χ4v) is 2.99. The van der Waals surface area contributed by atoms with Crippen LogP contribution in [0, 0.1) is 12.7 Å². The van der Waals surface area contributed by atoms with Crippen LogP contribution in [-0.4, -0.2) is 30.8 Å². The highest BCUT2D eigenvalue weighted by Crippen LogP contribution is 2.33. The second-order valence-corrected chi connectivity index (χ2v) is 6.73. The molecule has 0 saturated carbocycles. The van der Waals surface area contributed by atoms with Gasteiger partial charge in [0, 0.05) is 19.0 Å². The van der Waals surface area contributed by atoms with Gasteiger partial charge >= 0.3 is 6.36 Å². The molecule has 30 heavy (non-hydrogen) atoms. The Balaban J connectivity index is 1.90. The van der Waals surface area contributed by atoms with Crippen molar-refractivity contribution < 1.29 is 36.6 Å². The van der Waals surface area contributed by atoms with Gasteiger partial charge in [-0.2, -0.15) is 0 Å². The molecule has 1 unspecified atom stereocenters. The molecule has 1 atom stereocenters. The molecule has 0 radical (unpaired) electrons. The third kappa shape index (κ3) is 5.62. The Hall–Kier alpha value is -3.30. The molecule has 2 aromatic carbocycles. The summed E-state index contributed by atoms with van der Waals surface area (Å²) in [4.78, 5) is 24.3. The van der Waals surface area contributed by atoms with E-state index in [1.54, 1.807) is 6.92 Å². The summed E-state index contributed by atoms with van der Waals surface area (Å²) < 4.78 is 60.7. The lowest BCUT2D eigenvalue weighted by Crippen LogP contribution is -2.45. The van der Waals surface area contributed by atoms with E-state index in [4.69, 9.17) is 4.74 Å². The lowest BCUT2D eigenvalue weighted by atomic mass is 10.0. The average molecular weight is 426 g/mol. The van der Waals surface area contributed by atoms with Gasteiger partial charge in [0.25, 0.3) is 5.91 Å². The quantitative estimate of drug-likeness (QED) is 0.713. The van der Waals surface area contributed by atoms with Crippen molar-refractivity contribution in [3.05, 3.63) is 53.3 Å². The molecule has 0 aliphatic carbocycles. The largest absolute Gasteiger partial charge is 0.573 e. The van der Waals surface area contributed by atoms with Gasteiger partial charge in [-0.05, 0) is 55.3 Å². The van der Waals surface area contributed by atoms with E-state index in [1.165, 1.54) is 12.1 Å². The molecule has 1 aliphatic heterocycles. The van der Waals surface area contributed by atoms with Crippen LogP contribution in [0.1, 0.15) is 28.8 Å². The second-order valence-electron chi connectivity index (χ2n) is 6.73. The average Bonchev–Trinajstić information content (AvgIpc) is 2.64. The Labute approximate surface area is 169 Å². The summed E-state index contributed by atoms with van der Waals surface area (Å²) in [5.74, 6) is -1.86. The first-order valence-electron chi connectivity index (χ1n) is 9.02. The Morgan fingerprint density at radius 3 is 2.57 bits per heavy atom. The first kappa shape index (κ1) is 21.4. The predicted molar refractivity (Wildman–Crippen MR) is 97.8 cm³/mol. The van der Waals surface area contributed by atoms with E-state index in [1.807, 2.05) is 0 Å². The van der Waals surface area contributed by atoms with E-state index in [9.17, 15) is 27.2 Å². The number of aryl methyl sites for hydroxylation is 1. The van der Waals surface area contributed by atoms with Crippen molar-refractivity contribution >= 4 is 11.8 Å². The summed E-state index contributed by atoms with van der Waals surface area (Å²) in [6.45, 7) is 1.96. The number of hydrogen-bond acceptors (Lipinski definition) is 4. The van der Waals surface area contributed by atoms with Gasteiger partial charge in [0.05, 0.1) is 5.56 Å². The topological polar surface area (TPSA) is 76.7 Å². The minimum atomic E-state index is -4.94. The van der Waals surface area contributed by atoms with Crippen LogP contribution in [0.5, 0.6) is 17.2 Å². The van der Waals surface area contributed by atoms with Crippen molar-refractivity contribution in [1.82, 2.24) is 10.6 Å². The van der Waals surface area contributed by atoms with E-state index >= 15 is 0 Å². The standard InChI is InChI=1S/C20H18F4N2O4/c1-11-8-12(21)2-4-16(11)29-17-5-3-14(30-20(22,23)24)10-15(17)19(28)26-13-6-7-25-18(27)9-13/h2-5,8,10,13H,6-7,9H2,1H3,(H,25,27)(H,26,28). The molecular formula is C20H18F4N2O4. The minimum absolute atomic E-state index is 0.0445. The fraction of sp³-hybridized carbons (Fsp3) is 0.300. The normalized spacial score (nSPS) is 16.6. The predicted octanol–water partition coefficient (Wildman–Crippen LogP) is 3.83. The number of carbonyl (C=O) groups is 2. The van der Waals surface area contributed by atoms with Crippen LogP contribution in [0.4, 0.5) is 17.6 Å². The van der Waals surface area contributed by atoms with Gasteiger partial charge in [0.2, 0.25) is 5.91 Å². The molecule has 0 aromatic heterocycles. The molecule has 1 heterocycles. The molecule has 10 heteroatoms. The van der Waals surface area contributed by atoms with Crippen molar-refractivity contribution in [3.8, 4) is 17.2 Å². The third-order valence-corrected chi connectivity index (χ3v) is 4.37. The monoisotopic (exact) mass is 426 g/mol. The number of alkyl halides is 3. The van der Waals surface area contributed by atoms with Gasteiger partial charge in [-0.3, -0.25) is 9.59 Å². The van der Waals surface area contributed by atoms with Gasteiger partial charge in [-0.15, -0.1) is 13.2 Å². The molecule has 1 aliphatic rings. The van der Waals surface area contributed by atoms with Gasteiger partial charge in [-0.1, -0.05) is 0 Å². The van der Waals surface area contributed by atoms with Crippen molar-refractivity contribution in [2.45, 2.75) is 32.2 Å². The molecule has 2 amide bonds. The molecule has 6 nitrogen and oxygen atoms in total. The number of benzene rings is 2. The van der Waals surface area contributed by atoms with E-state index in [0.717, 1.165) is 24.3 Å². The summed E-state index contributed by atoms with van der Waals surface area (Å²) >= 11 is 0. The smallest absolute Gasteiger partial charge is 0.456 e. The first-order chi connectivity index (χ1) is 14.1. The lowest BCUT2D eigenvalue weighted by molar-refractivity contribution is -0.274. The number of halogens is 4. The number of nitrogens with one attached hydrogen (secondary N) is 2. The highest BCUT2D eigenvalue weighted by atomic mass is 19.4. The maximum Gasteiger partial charge on any atom is 0.573 e. The summed E-state index contributed by atoms with van der Waals surface area (Å²) in [6.07, 6.45) is -4.41. The molecular weight excluding hydrogens is 408 g/mol. The van der Waals surface area contributed by atoms with Gasteiger partial charge in [-0.25, -0.2) is 4.39 Å². The summed E-state index contributed by atoms with van der Waals surface area (Å²) in [7, 11) is 0. The molecule has 2 N–H and O–H groups in total.